The lowest BCUT2D eigenvalue weighted by Crippen LogP contribution is -2.43. The maximum Gasteiger partial charge on any atom is 0.410 e. The summed E-state index contributed by atoms with van der Waals surface area (Å²) >= 11 is 0. The highest BCUT2D eigenvalue weighted by Gasteiger charge is 2.27. The van der Waals surface area contributed by atoms with Gasteiger partial charge < -0.3 is 14.4 Å². The molecule has 1 heterocycles. The van der Waals surface area contributed by atoms with Crippen LogP contribution in [0.4, 0.5) is 13.6 Å². The van der Waals surface area contributed by atoms with Crippen LogP contribution in [0.3, 0.4) is 0 Å². The van der Waals surface area contributed by atoms with E-state index in [1.807, 2.05) is 20.8 Å². The molecule has 2 rings (SSSR count). The summed E-state index contributed by atoms with van der Waals surface area (Å²) in [6.07, 6.45) is 1.09. The van der Waals surface area contributed by atoms with Crippen LogP contribution in [-0.4, -0.2) is 35.8 Å². The number of rotatable bonds is 3. The Morgan fingerprint density at radius 2 is 1.87 bits per heavy atom. The van der Waals surface area contributed by atoms with E-state index in [0.29, 0.717) is 31.5 Å². The maximum absolute atomic E-state index is 13.1. The van der Waals surface area contributed by atoms with Crippen LogP contribution in [0, 0.1) is 11.6 Å². The first-order valence-corrected chi connectivity index (χ1v) is 7.78. The third-order valence-corrected chi connectivity index (χ3v) is 3.56. The molecule has 1 saturated heterocycles. The van der Waals surface area contributed by atoms with Gasteiger partial charge in [0, 0.05) is 13.1 Å². The molecule has 6 heteroatoms. The average Bonchev–Trinajstić information content (AvgIpc) is 2.47. The van der Waals surface area contributed by atoms with E-state index in [0.717, 1.165) is 12.1 Å². The van der Waals surface area contributed by atoms with Crippen molar-refractivity contribution in [3.63, 3.8) is 0 Å². The lowest BCUT2D eigenvalue weighted by atomic mass is 10.1. The van der Waals surface area contributed by atoms with Gasteiger partial charge in [-0.25, -0.2) is 13.6 Å². The number of carbonyl (C=O) groups is 1. The molecule has 0 N–H and O–H groups in total. The zero-order chi connectivity index (χ0) is 17.0. The van der Waals surface area contributed by atoms with Gasteiger partial charge in [0.15, 0.2) is 11.6 Å². The van der Waals surface area contributed by atoms with Gasteiger partial charge in [-0.3, -0.25) is 0 Å². The molecule has 4 nitrogen and oxygen atoms in total. The lowest BCUT2D eigenvalue weighted by molar-refractivity contribution is -0.0171. The van der Waals surface area contributed by atoms with E-state index < -0.39 is 17.2 Å². The van der Waals surface area contributed by atoms with Gasteiger partial charge in [-0.05, 0) is 51.3 Å². The van der Waals surface area contributed by atoms with E-state index in [2.05, 4.69) is 0 Å². The van der Waals surface area contributed by atoms with Crippen LogP contribution in [0.2, 0.25) is 0 Å². The van der Waals surface area contributed by atoms with Gasteiger partial charge in [0.05, 0.1) is 12.7 Å². The van der Waals surface area contributed by atoms with Crippen molar-refractivity contribution < 1.29 is 23.0 Å². The molecular weight excluding hydrogens is 304 g/mol. The third kappa shape index (κ3) is 5.46. The minimum atomic E-state index is -0.870. The Bertz CT molecular complexity index is 549. The second kappa shape index (κ2) is 7.25. The fraction of sp³-hybridized carbons (Fsp3) is 0.588. The molecule has 0 radical (unpaired) electrons. The highest BCUT2D eigenvalue weighted by atomic mass is 19.2. The zero-order valence-corrected chi connectivity index (χ0v) is 13.8. The topological polar surface area (TPSA) is 38.8 Å². The second-order valence-corrected chi connectivity index (χ2v) is 6.73. The number of halogens is 2. The number of hydrogen-bond donors (Lipinski definition) is 0. The van der Waals surface area contributed by atoms with Gasteiger partial charge in [-0.1, -0.05) is 6.07 Å². The van der Waals surface area contributed by atoms with Gasteiger partial charge in [-0.15, -0.1) is 0 Å². The molecule has 1 aromatic carbocycles. The first-order valence-electron chi connectivity index (χ1n) is 7.78. The summed E-state index contributed by atoms with van der Waals surface area (Å²) in [7, 11) is 0. The van der Waals surface area contributed by atoms with Gasteiger partial charge in [0.1, 0.15) is 5.60 Å². The summed E-state index contributed by atoms with van der Waals surface area (Å²) in [4.78, 5) is 13.6. The van der Waals surface area contributed by atoms with Crippen LogP contribution < -0.4 is 0 Å². The first-order chi connectivity index (χ1) is 10.7. The monoisotopic (exact) mass is 327 g/mol. The summed E-state index contributed by atoms with van der Waals surface area (Å²) in [5.41, 5.74) is 0.0929. The van der Waals surface area contributed by atoms with Crippen LogP contribution >= 0.6 is 0 Å². The SMILES string of the molecule is CC(C)(C)OC(=O)N1CCC(OCc2ccc(F)c(F)c2)CC1. The summed E-state index contributed by atoms with van der Waals surface area (Å²) in [5, 5.41) is 0. The highest BCUT2D eigenvalue weighted by molar-refractivity contribution is 5.68. The predicted molar refractivity (Wildman–Crippen MR) is 82.0 cm³/mol. The first kappa shape index (κ1) is 17.7. The van der Waals surface area contributed by atoms with Gasteiger partial charge in [-0.2, -0.15) is 0 Å². The molecule has 0 saturated carbocycles. The summed E-state index contributed by atoms with van der Waals surface area (Å²) in [6.45, 7) is 6.87. The predicted octanol–water partition coefficient (Wildman–Crippen LogP) is 3.88. The van der Waals surface area contributed by atoms with Crippen molar-refractivity contribution in [2.24, 2.45) is 0 Å². The average molecular weight is 327 g/mol. The number of nitrogens with zero attached hydrogens (tertiary/aromatic N) is 1. The highest BCUT2D eigenvalue weighted by Crippen LogP contribution is 2.19. The normalized spacial score (nSPS) is 16.5. The van der Waals surface area contributed by atoms with Crippen molar-refractivity contribution in [2.75, 3.05) is 13.1 Å². The molecule has 1 fully saturated rings. The number of piperidine rings is 1. The molecule has 1 aliphatic rings. The Labute approximate surface area is 135 Å². The van der Waals surface area contributed by atoms with E-state index >= 15 is 0 Å². The number of hydrogen-bond acceptors (Lipinski definition) is 3. The Hall–Kier alpha value is -1.69. The van der Waals surface area contributed by atoms with E-state index in [-0.39, 0.29) is 18.8 Å². The van der Waals surface area contributed by atoms with Crippen LogP contribution in [-0.2, 0) is 16.1 Å². The molecule has 128 valence electrons. The van der Waals surface area contributed by atoms with Crippen LogP contribution in [0.25, 0.3) is 0 Å². The smallest absolute Gasteiger partial charge is 0.410 e. The number of ether oxygens (including phenoxy) is 2. The standard InChI is InChI=1S/C17H23F2NO3/c1-17(2,3)23-16(21)20-8-6-13(7-9-20)22-11-12-4-5-14(18)15(19)10-12/h4-5,10,13H,6-9,11H2,1-3H3. The molecule has 0 aliphatic carbocycles. The minimum absolute atomic E-state index is 0.00167. The Kier molecular flexibility index (Phi) is 5.57. The number of amides is 1. The summed E-state index contributed by atoms with van der Waals surface area (Å²) in [5.74, 6) is -1.73. The van der Waals surface area contributed by atoms with Gasteiger partial charge in [0.2, 0.25) is 0 Å². The fourth-order valence-corrected chi connectivity index (χ4v) is 2.38. The van der Waals surface area contributed by atoms with E-state index in [1.165, 1.54) is 6.07 Å². The molecule has 0 aromatic heterocycles. The molecule has 0 atom stereocenters. The zero-order valence-electron chi connectivity index (χ0n) is 13.8. The number of benzene rings is 1. The molecule has 23 heavy (non-hydrogen) atoms. The maximum atomic E-state index is 13.1. The third-order valence-electron chi connectivity index (χ3n) is 3.56. The molecule has 0 spiro atoms. The van der Waals surface area contributed by atoms with Crippen LogP contribution in [0.15, 0.2) is 18.2 Å². The van der Waals surface area contributed by atoms with Crippen LogP contribution in [0.1, 0.15) is 39.2 Å². The van der Waals surface area contributed by atoms with Crippen molar-refractivity contribution in [3.05, 3.63) is 35.4 Å². The van der Waals surface area contributed by atoms with E-state index in [9.17, 15) is 13.6 Å². The van der Waals surface area contributed by atoms with Crippen molar-refractivity contribution >= 4 is 6.09 Å². The van der Waals surface area contributed by atoms with Crippen molar-refractivity contribution in [2.45, 2.75) is 51.9 Å². The van der Waals surface area contributed by atoms with E-state index in [1.54, 1.807) is 4.90 Å². The molecule has 1 aromatic rings. The van der Waals surface area contributed by atoms with Gasteiger partial charge >= 0.3 is 6.09 Å². The Morgan fingerprint density at radius 3 is 2.43 bits per heavy atom. The molecule has 0 bridgehead atoms. The van der Waals surface area contributed by atoms with Crippen molar-refractivity contribution in [1.29, 1.82) is 0 Å². The Balaban J connectivity index is 1.76. The lowest BCUT2D eigenvalue weighted by Gasteiger charge is -2.33. The number of carbonyl (C=O) groups excluding carboxylic acids is 1. The minimum Gasteiger partial charge on any atom is -0.444 e. The molecule has 0 unspecified atom stereocenters. The van der Waals surface area contributed by atoms with Crippen molar-refractivity contribution in [1.82, 2.24) is 4.90 Å². The van der Waals surface area contributed by atoms with E-state index in [4.69, 9.17) is 9.47 Å². The van der Waals surface area contributed by atoms with Crippen molar-refractivity contribution in [3.8, 4) is 0 Å². The summed E-state index contributed by atoms with van der Waals surface area (Å²) in [6, 6.07) is 3.75. The summed E-state index contributed by atoms with van der Waals surface area (Å²) < 4.78 is 37.1. The molecule has 1 aliphatic heterocycles. The second-order valence-electron chi connectivity index (χ2n) is 6.73. The molecule has 1 amide bonds. The largest absolute Gasteiger partial charge is 0.444 e. The quantitative estimate of drug-likeness (QED) is 0.846. The number of likely N-dealkylation sites (tertiary alicyclic amines) is 1. The Morgan fingerprint density at radius 1 is 1.22 bits per heavy atom. The van der Waals surface area contributed by atoms with Gasteiger partial charge in [0.25, 0.3) is 0 Å². The molecular formula is C17H23F2NO3. The van der Waals surface area contributed by atoms with Crippen LogP contribution in [0.5, 0.6) is 0 Å². The fourth-order valence-electron chi connectivity index (χ4n) is 2.38.